The number of ether oxygens (including phenoxy) is 1. The lowest BCUT2D eigenvalue weighted by molar-refractivity contribution is -0.384. The highest BCUT2D eigenvalue weighted by Gasteiger charge is 2.14. The number of aryl methyl sites for hydroxylation is 1. The molecule has 0 radical (unpaired) electrons. The average Bonchev–Trinajstić information content (AvgIpc) is 3.11. The average molecular weight is 418 g/mol. The van der Waals surface area contributed by atoms with Crippen molar-refractivity contribution < 1.29 is 14.2 Å². The number of nitrogens with zero attached hydrogens (tertiary/aromatic N) is 3. The summed E-state index contributed by atoms with van der Waals surface area (Å²) in [6.07, 6.45) is 0. The molecule has 0 aliphatic carbocycles. The van der Waals surface area contributed by atoms with Gasteiger partial charge in [-0.2, -0.15) is 4.98 Å². The van der Waals surface area contributed by atoms with Gasteiger partial charge in [-0.3, -0.25) is 10.1 Å². The Bertz CT molecular complexity index is 985. The molecule has 0 atom stereocenters. The molecule has 1 aromatic heterocycles. The molecule has 0 spiro atoms. The third-order valence-electron chi connectivity index (χ3n) is 4.09. The van der Waals surface area contributed by atoms with Gasteiger partial charge in [0, 0.05) is 22.2 Å². The van der Waals surface area contributed by atoms with Gasteiger partial charge in [0.15, 0.2) is 6.61 Å². The van der Waals surface area contributed by atoms with E-state index >= 15 is 0 Å². The fourth-order valence-corrected chi connectivity index (χ4v) is 2.90. The summed E-state index contributed by atoms with van der Waals surface area (Å²) in [7, 11) is 0. The maximum Gasteiger partial charge on any atom is 0.270 e. The van der Waals surface area contributed by atoms with Gasteiger partial charge in [-0.1, -0.05) is 33.2 Å². The van der Waals surface area contributed by atoms with Crippen LogP contribution in [0.1, 0.15) is 22.6 Å². The van der Waals surface area contributed by atoms with Gasteiger partial charge in [-0.05, 0) is 43.5 Å². The van der Waals surface area contributed by atoms with Crippen LogP contribution in [0.15, 0.2) is 39.3 Å². The van der Waals surface area contributed by atoms with Crippen LogP contribution in [0.25, 0.3) is 11.4 Å². The molecular formula is C18H16BrN3O4. The molecule has 134 valence electrons. The Labute approximate surface area is 158 Å². The molecule has 0 saturated carbocycles. The van der Waals surface area contributed by atoms with E-state index in [0.29, 0.717) is 11.5 Å². The molecule has 2 aromatic carbocycles. The van der Waals surface area contributed by atoms with Crippen molar-refractivity contribution in [1.82, 2.24) is 10.1 Å². The third-order valence-corrected chi connectivity index (χ3v) is 5.31. The molecule has 0 aliphatic rings. The molecule has 26 heavy (non-hydrogen) atoms. The minimum Gasteiger partial charge on any atom is -0.483 e. The Morgan fingerprint density at radius 1 is 1.23 bits per heavy atom. The molecule has 0 N–H and O–H groups in total. The highest BCUT2D eigenvalue weighted by molar-refractivity contribution is 9.10. The Kier molecular flexibility index (Phi) is 5.03. The lowest BCUT2D eigenvalue weighted by Gasteiger charge is -2.13. The van der Waals surface area contributed by atoms with Crippen molar-refractivity contribution in [1.29, 1.82) is 0 Å². The quantitative estimate of drug-likeness (QED) is 0.432. The van der Waals surface area contributed by atoms with Crippen molar-refractivity contribution in [2.24, 2.45) is 0 Å². The lowest BCUT2D eigenvalue weighted by Crippen LogP contribution is -2.00. The lowest BCUT2D eigenvalue weighted by atomic mass is 10.1. The van der Waals surface area contributed by atoms with Crippen LogP contribution in [0.5, 0.6) is 5.75 Å². The molecule has 0 amide bonds. The summed E-state index contributed by atoms with van der Waals surface area (Å²) in [6.45, 7) is 6.11. The highest BCUT2D eigenvalue weighted by Crippen LogP contribution is 2.31. The standard InChI is InChI=1S/C18H16BrN3O4/c1-10-7-15(11(2)12(3)17(10)19)25-9-16-20-18(21-26-16)13-5-4-6-14(8-13)22(23)24/h4-8H,9H2,1-3H3. The molecule has 0 bridgehead atoms. The predicted octanol–water partition coefficient (Wildman–Crippen LogP) is 4.91. The van der Waals surface area contributed by atoms with Crippen LogP contribution >= 0.6 is 15.9 Å². The van der Waals surface area contributed by atoms with Crippen LogP contribution in [0.3, 0.4) is 0 Å². The molecule has 3 aromatic rings. The van der Waals surface area contributed by atoms with Crippen molar-refractivity contribution in [3.05, 3.63) is 67.5 Å². The van der Waals surface area contributed by atoms with Gasteiger partial charge in [-0.15, -0.1) is 0 Å². The first-order chi connectivity index (χ1) is 12.4. The SMILES string of the molecule is Cc1cc(OCc2nc(-c3cccc([N+](=O)[O-])c3)no2)c(C)c(C)c1Br. The van der Waals surface area contributed by atoms with Gasteiger partial charge >= 0.3 is 0 Å². The van der Waals surface area contributed by atoms with Crippen LogP contribution in [-0.4, -0.2) is 15.1 Å². The second-order valence-corrected chi connectivity index (χ2v) is 6.66. The summed E-state index contributed by atoms with van der Waals surface area (Å²) in [5.41, 5.74) is 3.71. The number of halogens is 1. The normalized spacial score (nSPS) is 10.8. The fraction of sp³-hybridized carbons (Fsp3) is 0.222. The van der Waals surface area contributed by atoms with E-state index in [2.05, 4.69) is 26.1 Å². The van der Waals surface area contributed by atoms with E-state index in [1.54, 1.807) is 12.1 Å². The Balaban J connectivity index is 1.78. The second kappa shape index (κ2) is 7.25. The monoisotopic (exact) mass is 417 g/mol. The van der Waals surface area contributed by atoms with Gasteiger partial charge in [0.25, 0.3) is 11.6 Å². The molecule has 0 unspecified atom stereocenters. The van der Waals surface area contributed by atoms with Crippen molar-refractivity contribution in [2.45, 2.75) is 27.4 Å². The van der Waals surface area contributed by atoms with Gasteiger partial charge in [0.05, 0.1) is 4.92 Å². The van der Waals surface area contributed by atoms with Crippen LogP contribution in [0.4, 0.5) is 5.69 Å². The van der Waals surface area contributed by atoms with E-state index in [-0.39, 0.29) is 18.1 Å². The number of aromatic nitrogens is 2. The topological polar surface area (TPSA) is 91.3 Å². The number of hydrogen-bond donors (Lipinski definition) is 0. The van der Waals surface area contributed by atoms with Crippen LogP contribution in [-0.2, 0) is 6.61 Å². The van der Waals surface area contributed by atoms with E-state index in [1.165, 1.54) is 12.1 Å². The van der Waals surface area contributed by atoms with Crippen molar-refractivity contribution in [3.8, 4) is 17.1 Å². The Morgan fingerprint density at radius 2 is 2.00 bits per heavy atom. The summed E-state index contributed by atoms with van der Waals surface area (Å²) < 4.78 is 12.1. The predicted molar refractivity (Wildman–Crippen MR) is 99.1 cm³/mol. The van der Waals surface area contributed by atoms with E-state index in [0.717, 1.165) is 26.9 Å². The minimum atomic E-state index is -0.464. The molecule has 7 nitrogen and oxygen atoms in total. The van der Waals surface area contributed by atoms with Gasteiger partial charge < -0.3 is 9.26 Å². The summed E-state index contributed by atoms with van der Waals surface area (Å²) >= 11 is 3.56. The number of nitro benzene ring substituents is 1. The van der Waals surface area contributed by atoms with Gasteiger partial charge in [0.2, 0.25) is 5.82 Å². The minimum absolute atomic E-state index is 0.0264. The molecule has 0 saturated heterocycles. The molecular weight excluding hydrogens is 402 g/mol. The zero-order valence-electron chi connectivity index (χ0n) is 14.4. The molecule has 0 fully saturated rings. The fourth-order valence-electron chi connectivity index (χ4n) is 2.49. The largest absolute Gasteiger partial charge is 0.483 e. The van der Waals surface area contributed by atoms with Gasteiger partial charge in [0.1, 0.15) is 5.75 Å². The van der Waals surface area contributed by atoms with Gasteiger partial charge in [-0.25, -0.2) is 0 Å². The number of benzene rings is 2. The smallest absolute Gasteiger partial charge is 0.270 e. The molecule has 1 heterocycles. The Morgan fingerprint density at radius 3 is 2.73 bits per heavy atom. The van der Waals surface area contributed by atoms with Crippen molar-refractivity contribution >= 4 is 21.6 Å². The summed E-state index contributed by atoms with van der Waals surface area (Å²) in [5, 5.41) is 14.8. The van der Waals surface area contributed by atoms with E-state index in [4.69, 9.17) is 9.26 Å². The first-order valence-electron chi connectivity index (χ1n) is 7.83. The van der Waals surface area contributed by atoms with Crippen molar-refractivity contribution in [2.75, 3.05) is 0 Å². The van der Waals surface area contributed by atoms with Crippen LogP contribution in [0, 0.1) is 30.9 Å². The zero-order valence-corrected chi connectivity index (χ0v) is 16.0. The van der Waals surface area contributed by atoms with Crippen LogP contribution in [0.2, 0.25) is 0 Å². The summed E-state index contributed by atoms with van der Waals surface area (Å²) in [6, 6.07) is 8.03. The second-order valence-electron chi connectivity index (χ2n) is 5.86. The zero-order chi connectivity index (χ0) is 18.8. The van der Waals surface area contributed by atoms with Crippen LogP contribution < -0.4 is 4.74 Å². The maximum atomic E-state index is 10.9. The maximum absolute atomic E-state index is 10.9. The number of hydrogen-bond acceptors (Lipinski definition) is 6. The summed E-state index contributed by atoms with van der Waals surface area (Å²) in [5.74, 6) is 1.33. The number of rotatable bonds is 5. The third kappa shape index (κ3) is 3.60. The summed E-state index contributed by atoms with van der Waals surface area (Å²) in [4.78, 5) is 14.7. The number of non-ortho nitro benzene ring substituents is 1. The number of nitro groups is 1. The van der Waals surface area contributed by atoms with Crippen molar-refractivity contribution in [3.63, 3.8) is 0 Å². The Hall–Kier alpha value is -2.74. The first-order valence-corrected chi connectivity index (χ1v) is 8.62. The van der Waals surface area contributed by atoms with E-state index in [1.807, 2.05) is 26.8 Å². The molecule has 3 rings (SSSR count). The highest BCUT2D eigenvalue weighted by atomic mass is 79.9. The van der Waals surface area contributed by atoms with E-state index in [9.17, 15) is 10.1 Å². The molecule has 8 heteroatoms. The molecule has 0 aliphatic heterocycles. The first kappa shape index (κ1) is 18.1. The van der Waals surface area contributed by atoms with E-state index < -0.39 is 4.92 Å².